The van der Waals surface area contributed by atoms with E-state index in [1.165, 1.54) is 0 Å². The highest BCUT2D eigenvalue weighted by atomic mass is 32.2. The van der Waals surface area contributed by atoms with Gasteiger partial charge in [-0.25, -0.2) is 19.6 Å². The molecule has 1 amide bonds. The van der Waals surface area contributed by atoms with Crippen LogP contribution >= 0.6 is 0 Å². The number of rotatable bonds is 12. The molecule has 0 saturated heterocycles. The Morgan fingerprint density at radius 3 is 2.34 bits per heavy atom. The summed E-state index contributed by atoms with van der Waals surface area (Å²) in [5, 5.41) is 7.91. The predicted molar refractivity (Wildman–Crippen MR) is 147 cm³/mol. The minimum atomic E-state index is -3.74. The second-order valence-electron chi connectivity index (χ2n) is 8.83. The van der Waals surface area contributed by atoms with E-state index < -0.39 is 22.3 Å². The van der Waals surface area contributed by atoms with Gasteiger partial charge in [0.2, 0.25) is 0 Å². The zero-order valence-electron chi connectivity index (χ0n) is 20.8. The lowest BCUT2D eigenvalue weighted by molar-refractivity contribution is 0.134. The molecule has 0 saturated carbocycles. The zero-order valence-corrected chi connectivity index (χ0v) is 21.7. The number of ether oxygens (including phenoxy) is 1. The molecule has 1 atom stereocenters. The van der Waals surface area contributed by atoms with Crippen LogP contribution in [0.1, 0.15) is 36.6 Å². The lowest BCUT2D eigenvalue weighted by atomic mass is 10.0. The van der Waals surface area contributed by atoms with Gasteiger partial charge < -0.3 is 15.0 Å². The zero-order chi connectivity index (χ0) is 26.8. The fraction of sp³-hybridized carbons (Fsp3) is 0.214. The Hall–Kier alpha value is -3.99. The van der Waals surface area contributed by atoms with Gasteiger partial charge in [-0.15, -0.1) is 0 Å². The highest BCUT2D eigenvalue weighted by Gasteiger charge is 2.19. The van der Waals surface area contributed by atoms with Crippen molar-refractivity contribution in [2.45, 2.75) is 31.9 Å². The number of hydrogen-bond donors (Lipinski definition) is 4. The summed E-state index contributed by atoms with van der Waals surface area (Å²) in [6.45, 7) is 0.364. The molecule has 1 unspecified atom stereocenters. The first kappa shape index (κ1) is 27.1. The number of nitrogens with one attached hydrogen (secondary N) is 3. The summed E-state index contributed by atoms with van der Waals surface area (Å²) in [4.78, 5) is 20.5. The van der Waals surface area contributed by atoms with E-state index in [0.717, 1.165) is 27.9 Å². The van der Waals surface area contributed by atoms with Crippen molar-refractivity contribution >= 4 is 16.3 Å². The Balaban J connectivity index is 1.45. The number of alkyl carbamates (subject to hydrolysis) is 1. The van der Waals surface area contributed by atoms with Gasteiger partial charge in [-0.2, -0.15) is 8.42 Å². The Morgan fingerprint density at radius 2 is 1.61 bits per heavy atom. The third-order valence-electron chi connectivity index (χ3n) is 5.94. The number of imidazole rings is 1. The number of nitrogens with two attached hydrogens (primary N) is 1. The van der Waals surface area contributed by atoms with E-state index in [4.69, 9.17) is 9.88 Å². The normalized spacial score (nSPS) is 12.1. The molecule has 3 aromatic carbocycles. The molecule has 4 aromatic rings. The van der Waals surface area contributed by atoms with E-state index >= 15 is 0 Å². The average molecular weight is 534 g/mol. The summed E-state index contributed by atoms with van der Waals surface area (Å²) in [6.07, 6.45) is 2.87. The van der Waals surface area contributed by atoms with Gasteiger partial charge in [0.1, 0.15) is 12.4 Å². The molecule has 9 nitrogen and oxygen atoms in total. The van der Waals surface area contributed by atoms with Gasteiger partial charge in [-0.3, -0.25) is 0 Å². The first-order valence-corrected chi connectivity index (χ1v) is 13.9. The molecule has 0 spiro atoms. The first-order chi connectivity index (χ1) is 18.4. The van der Waals surface area contributed by atoms with Crippen molar-refractivity contribution in [2.24, 2.45) is 5.14 Å². The van der Waals surface area contributed by atoms with Crippen molar-refractivity contribution in [1.82, 2.24) is 20.0 Å². The van der Waals surface area contributed by atoms with Crippen LogP contribution in [0.15, 0.2) is 91.1 Å². The van der Waals surface area contributed by atoms with Crippen molar-refractivity contribution in [3.05, 3.63) is 102 Å². The standard InChI is InChI=1S/C28H31N5O4S/c29-38(35,36)31-17-8-7-16-25(33-28(34)37-20-21-10-3-1-4-11-21)26-19-30-27(32-26)24-15-9-14-23(18-24)22-12-5-2-6-13-22/h1-6,9-15,18-19,25,31H,7-8,16-17,20H2,(H,30,32)(H,33,34)(H2,29,35,36). The Labute approximate surface area is 222 Å². The average Bonchev–Trinajstić information content (AvgIpc) is 3.42. The van der Waals surface area contributed by atoms with Crippen LogP contribution in [0.3, 0.4) is 0 Å². The number of hydrogen-bond acceptors (Lipinski definition) is 5. The van der Waals surface area contributed by atoms with Crippen LogP contribution in [0.5, 0.6) is 0 Å². The molecule has 1 aromatic heterocycles. The molecule has 38 heavy (non-hydrogen) atoms. The van der Waals surface area contributed by atoms with E-state index in [-0.39, 0.29) is 13.2 Å². The van der Waals surface area contributed by atoms with E-state index in [9.17, 15) is 13.2 Å². The highest BCUT2D eigenvalue weighted by molar-refractivity contribution is 7.87. The number of nitrogens with zero attached hydrogens (tertiary/aromatic N) is 1. The fourth-order valence-corrected chi connectivity index (χ4v) is 4.47. The van der Waals surface area contributed by atoms with Gasteiger partial charge in [-0.05, 0) is 42.0 Å². The van der Waals surface area contributed by atoms with Crippen LogP contribution in [0.4, 0.5) is 4.79 Å². The van der Waals surface area contributed by atoms with E-state index in [0.29, 0.717) is 25.1 Å². The first-order valence-electron chi connectivity index (χ1n) is 12.3. The van der Waals surface area contributed by atoms with Gasteiger partial charge in [0.25, 0.3) is 10.2 Å². The van der Waals surface area contributed by atoms with Crippen LogP contribution in [-0.2, 0) is 21.6 Å². The molecule has 5 N–H and O–H groups in total. The molecule has 0 bridgehead atoms. The van der Waals surface area contributed by atoms with E-state index in [2.05, 4.69) is 38.2 Å². The van der Waals surface area contributed by atoms with Gasteiger partial charge in [0.05, 0.1) is 17.9 Å². The lowest BCUT2D eigenvalue weighted by Gasteiger charge is -2.17. The van der Waals surface area contributed by atoms with Crippen LogP contribution in [0.25, 0.3) is 22.5 Å². The molecule has 0 aliphatic heterocycles. The van der Waals surface area contributed by atoms with Crippen LogP contribution in [0, 0.1) is 0 Å². The molecule has 0 radical (unpaired) electrons. The highest BCUT2D eigenvalue weighted by Crippen LogP contribution is 2.26. The molecule has 10 heteroatoms. The molecule has 0 fully saturated rings. The van der Waals surface area contributed by atoms with Crippen LogP contribution in [0.2, 0.25) is 0 Å². The quantitative estimate of drug-likeness (QED) is 0.196. The minimum absolute atomic E-state index is 0.151. The lowest BCUT2D eigenvalue weighted by Crippen LogP contribution is -2.32. The van der Waals surface area contributed by atoms with Gasteiger partial charge in [0, 0.05) is 12.1 Å². The molecule has 1 heterocycles. The van der Waals surface area contributed by atoms with Crippen molar-refractivity contribution < 1.29 is 17.9 Å². The summed E-state index contributed by atoms with van der Waals surface area (Å²) >= 11 is 0. The SMILES string of the molecule is NS(=O)(=O)NCCCCC(NC(=O)OCc1ccccc1)c1cnc(-c2cccc(-c3ccccc3)c2)[nH]1. The van der Waals surface area contributed by atoms with Crippen molar-refractivity contribution in [3.8, 4) is 22.5 Å². The Kier molecular flexibility index (Phi) is 9.26. The van der Waals surface area contributed by atoms with Crippen molar-refractivity contribution in [2.75, 3.05) is 6.54 Å². The van der Waals surface area contributed by atoms with Crippen LogP contribution < -0.4 is 15.2 Å². The smallest absolute Gasteiger partial charge is 0.408 e. The molecule has 198 valence electrons. The predicted octanol–water partition coefficient (Wildman–Crippen LogP) is 4.67. The monoisotopic (exact) mass is 533 g/mol. The number of H-pyrrole nitrogens is 1. The van der Waals surface area contributed by atoms with E-state index in [1.807, 2.05) is 66.7 Å². The second kappa shape index (κ2) is 13.0. The number of amides is 1. The van der Waals surface area contributed by atoms with Gasteiger partial charge in [0.15, 0.2) is 0 Å². The molecular formula is C28H31N5O4S. The van der Waals surface area contributed by atoms with Gasteiger partial charge >= 0.3 is 6.09 Å². The van der Waals surface area contributed by atoms with Crippen LogP contribution in [-0.4, -0.2) is 31.0 Å². The maximum atomic E-state index is 12.6. The second-order valence-corrected chi connectivity index (χ2v) is 10.2. The number of carbonyl (C=O) groups is 1. The third-order valence-corrected chi connectivity index (χ3v) is 6.55. The fourth-order valence-electron chi connectivity index (χ4n) is 4.04. The molecule has 0 aliphatic carbocycles. The number of aromatic nitrogens is 2. The maximum Gasteiger partial charge on any atom is 0.408 e. The summed E-state index contributed by atoms with van der Waals surface area (Å²) in [5.41, 5.74) is 4.70. The summed E-state index contributed by atoms with van der Waals surface area (Å²) in [5.74, 6) is 0.679. The summed E-state index contributed by atoms with van der Waals surface area (Å²) in [6, 6.07) is 27.2. The van der Waals surface area contributed by atoms with Gasteiger partial charge in [-0.1, -0.05) is 78.9 Å². The molecular weight excluding hydrogens is 502 g/mol. The number of carbonyl (C=O) groups excluding carboxylic acids is 1. The summed E-state index contributed by atoms with van der Waals surface area (Å²) < 4.78 is 29.9. The van der Waals surface area contributed by atoms with E-state index in [1.54, 1.807) is 6.20 Å². The van der Waals surface area contributed by atoms with Crippen molar-refractivity contribution in [1.29, 1.82) is 0 Å². The topological polar surface area (TPSA) is 139 Å². The molecule has 0 aliphatic rings. The largest absolute Gasteiger partial charge is 0.445 e. The Morgan fingerprint density at radius 1 is 0.921 bits per heavy atom. The van der Waals surface area contributed by atoms with Crippen molar-refractivity contribution in [3.63, 3.8) is 0 Å². The molecule has 4 rings (SSSR count). The number of unbranched alkanes of at least 4 members (excludes halogenated alkanes) is 1. The maximum absolute atomic E-state index is 12.6. The minimum Gasteiger partial charge on any atom is -0.445 e. The Bertz CT molecular complexity index is 1430. The number of aromatic amines is 1. The number of benzene rings is 3. The third kappa shape index (κ3) is 8.27. The summed E-state index contributed by atoms with van der Waals surface area (Å²) in [7, 11) is -3.74.